The van der Waals surface area contributed by atoms with E-state index in [4.69, 9.17) is 9.47 Å². The minimum absolute atomic E-state index is 0.624. The van der Waals surface area contributed by atoms with E-state index in [9.17, 15) is 0 Å². The first-order chi connectivity index (χ1) is 8.33. The SMILES string of the molecule is COc1ccc(NCc2csnn2)c(OC)c1. The maximum Gasteiger partial charge on any atom is 0.145 e. The Balaban J connectivity index is 2.09. The van der Waals surface area contributed by atoms with Gasteiger partial charge in [-0.2, -0.15) is 0 Å². The third-order valence-corrected chi connectivity index (χ3v) is 2.83. The van der Waals surface area contributed by atoms with Gasteiger partial charge >= 0.3 is 0 Å². The number of aromatic nitrogens is 2. The molecule has 0 fully saturated rings. The highest BCUT2D eigenvalue weighted by Crippen LogP contribution is 2.29. The molecule has 2 aromatic rings. The summed E-state index contributed by atoms with van der Waals surface area (Å²) < 4.78 is 14.2. The van der Waals surface area contributed by atoms with Crippen LogP contribution in [0, 0.1) is 0 Å². The van der Waals surface area contributed by atoms with Gasteiger partial charge in [0.25, 0.3) is 0 Å². The van der Waals surface area contributed by atoms with Crippen LogP contribution >= 0.6 is 11.5 Å². The number of hydrogen-bond donors (Lipinski definition) is 1. The lowest BCUT2D eigenvalue weighted by Crippen LogP contribution is -2.02. The monoisotopic (exact) mass is 251 g/mol. The third-order valence-electron chi connectivity index (χ3n) is 2.27. The predicted octanol–water partition coefficient (Wildman–Crippen LogP) is 2.17. The second-order valence-corrected chi connectivity index (χ2v) is 3.93. The molecule has 0 bridgehead atoms. The maximum absolute atomic E-state index is 5.28. The van der Waals surface area contributed by atoms with E-state index in [-0.39, 0.29) is 0 Å². The summed E-state index contributed by atoms with van der Waals surface area (Å²) in [5.74, 6) is 1.51. The summed E-state index contributed by atoms with van der Waals surface area (Å²) in [5.41, 5.74) is 1.81. The van der Waals surface area contributed by atoms with Gasteiger partial charge in [-0.15, -0.1) is 5.10 Å². The highest BCUT2D eigenvalue weighted by atomic mass is 32.1. The van der Waals surface area contributed by atoms with Crippen molar-refractivity contribution < 1.29 is 9.47 Å². The highest BCUT2D eigenvalue weighted by molar-refractivity contribution is 7.03. The van der Waals surface area contributed by atoms with Gasteiger partial charge in [0.05, 0.1) is 32.1 Å². The van der Waals surface area contributed by atoms with Crippen molar-refractivity contribution in [3.63, 3.8) is 0 Å². The van der Waals surface area contributed by atoms with E-state index < -0.39 is 0 Å². The Bertz CT molecular complexity index is 474. The number of benzene rings is 1. The van der Waals surface area contributed by atoms with Crippen LogP contribution in [0.3, 0.4) is 0 Å². The fourth-order valence-corrected chi connectivity index (χ4v) is 1.84. The van der Waals surface area contributed by atoms with Crippen molar-refractivity contribution in [2.45, 2.75) is 6.54 Å². The summed E-state index contributed by atoms with van der Waals surface area (Å²) in [4.78, 5) is 0. The van der Waals surface area contributed by atoms with Crippen molar-refractivity contribution >= 4 is 17.2 Å². The average molecular weight is 251 g/mol. The van der Waals surface area contributed by atoms with E-state index in [0.29, 0.717) is 6.54 Å². The van der Waals surface area contributed by atoms with Crippen molar-refractivity contribution in [3.05, 3.63) is 29.3 Å². The zero-order chi connectivity index (χ0) is 12.1. The molecule has 17 heavy (non-hydrogen) atoms. The Morgan fingerprint density at radius 1 is 1.29 bits per heavy atom. The van der Waals surface area contributed by atoms with Crippen molar-refractivity contribution in [2.75, 3.05) is 19.5 Å². The molecule has 90 valence electrons. The van der Waals surface area contributed by atoms with E-state index in [1.807, 2.05) is 23.6 Å². The molecule has 2 rings (SSSR count). The second kappa shape index (κ2) is 5.49. The Labute approximate surface area is 104 Å². The zero-order valence-corrected chi connectivity index (χ0v) is 10.5. The Kier molecular flexibility index (Phi) is 3.77. The highest BCUT2D eigenvalue weighted by Gasteiger charge is 2.05. The maximum atomic E-state index is 5.28. The lowest BCUT2D eigenvalue weighted by molar-refractivity contribution is 0.395. The lowest BCUT2D eigenvalue weighted by Gasteiger charge is -2.11. The number of rotatable bonds is 5. The number of ether oxygens (including phenoxy) is 2. The second-order valence-electron chi connectivity index (χ2n) is 3.32. The molecular weight excluding hydrogens is 238 g/mol. The summed E-state index contributed by atoms with van der Waals surface area (Å²) in [6.07, 6.45) is 0. The van der Waals surface area contributed by atoms with Crippen LogP contribution in [0.15, 0.2) is 23.6 Å². The standard InChI is InChI=1S/C11H13N3O2S/c1-15-9-3-4-10(11(5-9)16-2)12-6-8-7-17-14-13-8/h3-5,7,12H,6H2,1-2H3. The molecule has 0 spiro atoms. The Morgan fingerprint density at radius 2 is 2.18 bits per heavy atom. The van der Waals surface area contributed by atoms with Gasteiger partial charge in [0.2, 0.25) is 0 Å². The predicted molar refractivity (Wildman–Crippen MR) is 66.8 cm³/mol. The largest absolute Gasteiger partial charge is 0.497 e. The molecule has 0 aliphatic rings. The third kappa shape index (κ3) is 2.85. The molecule has 0 saturated heterocycles. The molecule has 0 unspecified atom stereocenters. The molecular formula is C11H13N3O2S. The molecule has 0 aliphatic carbocycles. The van der Waals surface area contributed by atoms with Crippen molar-refractivity contribution in [2.24, 2.45) is 0 Å². The van der Waals surface area contributed by atoms with Gasteiger partial charge in [-0.05, 0) is 23.7 Å². The molecule has 0 atom stereocenters. The van der Waals surface area contributed by atoms with Crippen molar-refractivity contribution in [3.8, 4) is 11.5 Å². The molecule has 0 aliphatic heterocycles. The quantitative estimate of drug-likeness (QED) is 0.882. The molecule has 0 amide bonds. The molecule has 0 saturated carbocycles. The molecule has 1 heterocycles. The van der Waals surface area contributed by atoms with Gasteiger partial charge in [-0.3, -0.25) is 0 Å². The number of nitrogens with zero attached hydrogens (tertiary/aromatic N) is 2. The summed E-state index contributed by atoms with van der Waals surface area (Å²) in [5, 5.41) is 9.11. The van der Waals surface area contributed by atoms with Gasteiger partial charge in [-0.1, -0.05) is 4.49 Å². The summed E-state index contributed by atoms with van der Waals surface area (Å²) in [7, 11) is 3.26. The molecule has 1 N–H and O–H groups in total. The summed E-state index contributed by atoms with van der Waals surface area (Å²) in [6, 6.07) is 5.63. The Morgan fingerprint density at radius 3 is 2.82 bits per heavy atom. The molecule has 5 nitrogen and oxygen atoms in total. The number of hydrogen-bond acceptors (Lipinski definition) is 6. The molecule has 1 aromatic carbocycles. The van der Waals surface area contributed by atoms with Gasteiger partial charge in [0, 0.05) is 11.4 Å². The van der Waals surface area contributed by atoms with E-state index in [1.54, 1.807) is 14.2 Å². The summed E-state index contributed by atoms with van der Waals surface area (Å²) in [6.45, 7) is 0.624. The number of nitrogens with one attached hydrogen (secondary N) is 1. The van der Waals surface area contributed by atoms with Gasteiger partial charge in [0.15, 0.2) is 0 Å². The van der Waals surface area contributed by atoms with Crippen molar-refractivity contribution in [1.29, 1.82) is 0 Å². The van der Waals surface area contributed by atoms with Crippen LogP contribution in [0.5, 0.6) is 11.5 Å². The zero-order valence-electron chi connectivity index (χ0n) is 9.64. The van der Waals surface area contributed by atoms with E-state index in [2.05, 4.69) is 14.9 Å². The van der Waals surface area contributed by atoms with Crippen LogP contribution in [-0.4, -0.2) is 23.8 Å². The van der Waals surface area contributed by atoms with E-state index in [1.165, 1.54) is 11.5 Å². The molecule has 0 radical (unpaired) electrons. The normalized spacial score (nSPS) is 10.0. The van der Waals surface area contributed by atoms with Crippen LogP contribution in [-0.2, 0) is 6.54 Å². The van der Waals surface area contributed by atoms with Crippen LogP contribution < -0.4 is 14.8 Å². The topological polar surface area (TPSA) is 56.3 Å². The fraction of sp³-hybridized carbons (Fsp3) is 0.273. The lowest BCUT2D eigenvalue weighted by atomic mass is 10.2. The van der Waals surface area contributed by atoms with E-state index in [0.717, 1.165) is 22.9 Å². The first-order valence-corrected chi connectivity index (χ1v) is 5.89. The fourth-order valence-electron chi connectivity index (χ4n) is 1.39. The molecule has 6 heteroatoms. The number of methoxy groups -OCH3 is 2. The van der Waals surface area contributed by atoms with Crippen LogP contribution in [0.4, 0.5) is 5.69 Å². The van der Waals surface area contributed by atoms with E-state index >= 15 is 0 Å². The summed E-state index contributed by atoms with van der Waals surface area (Å²) >= 11 is 1.34. The van der Waals surface area contributed by atoms with Crippen LogP contribution in [0.2, 0.25) is 0 Å². The van der Waals surface area contributed by atoms with Crippen LogP contribution in [0.1, 0.15) is 5.69 Å². The Hall–Kier alpha value is -1.82. The van der Waals surface area contributed by atoms with Gasteiger partial charge < -0.3 is 14.8 Å². The number of anilines is 1. The molecule has 1 aromatic heterocycles. The van der Waals surface area contributed by atoms with Gasteiger partial charge in [0.1, 0.15) is 11.5 Å². The minimum atomic E-state index is 0.624. The first kappa shape index (κ1) is 11.7. The first-order valence-electron chi connectivity index (χ1n) is 5.05. The van der Waals surface area contributed by atoms with Crippen molar-refractivity contribution in [1.82, 2.24) is 9.59 Å². The van der Waals surface area contributed by atoms with Crippen LogP contribution in [0.25, 0.3) is 0 Å². The smallest absolute Gasteiger partial charge is 0.145 e. The average Bonchev–Trinajstić information content (AvgIpc) is 2.89. The minimum Gasteiger partial charge on any atom is -0.497 e. The van der Waals surface area contributed by atoms with Gasteiger partial charge in [-0.25, -0.2) is 0 Å².